The van der Waals surface area contributed by atoms with Gasteiger partial charge in [-0.1, -0.05) is 17.7 Å². The minimum Gasteiger partial charge on any atom is -0.495 e. The maximum absolute atomic E-state index is 12.6. The second kappa shape index (κ2) is 7.26. The lowest BCUT2D eigenvalue weighted by Crippen LogP contribution is -2.26. The highest BCUT2D eigenvalue weighted by Crippen LogP contribution is 2.29. The molecule has 8 heteroatoms. The second-order valence-electron chi connectivity index (χ2n) is 6.13. The van der Waals surface area contributed by atoms with E-state index in [1.165, 1.54) is 25.3 Å². The largest absolute Gasteiger partial charge is 0.495 e. The number of halogens is 1. The topological polar surface area (TPSA) is 84.5 Å². The lowest BCUT2D eigenvalue weighted by molar-refractivity contribution is 0.102. The summed E-state index contributed by atoms with van der Waals surface area (Å²) in [7, 11) is -2.37. The Bertz CT molecular complexity index is 956. The molecule has 1 aliphatic rings. The van der Waals surface area contributed by atoms with Crippen LogP contribution in [0.15, 0.2) is 41.3 Å². The van der Waals surface area contributed by atoms with Crippen molar-refractivity contribution < 1.29 is 17.9 Å². The minimum atomic E-state index is -3.76. The maximum atomic E-state index is 12.6. The number of carbonyl (C=O) groups is 1. The van der Waals surface area contributed by atoms with Crippen molar-refractivity contribution in [1.29, 1.82) is 0 Å². The SMILES string of the molecule is COc1ccc(C(=O)Nc2cccc(Cl)c2C)cc1S(=O)(=O)NC1CC1. The molecule has 1 saturated carbocycles. The molecule has 6 nitrogen and oxygen atoms in total. The fourth-order valence-electron chi connectivity index (χ4n) is 2.45. The van der Waals surface area contributed by atoms with Crippen molar-refractivity contribution >= 4 is 33.2 Å². The number of benzene rings is 2. The zero-order chi connectivity index (χ0) is 18.9. The van der Waals surface area contributed by atoms with Gasteiger partial charge in [0, 0.05) is 22.3 Å². The molecule has 1 amide bonds. The smallest absolute Gasteiger partial charge is 0.255 e. The van der Waals surface area contributed by atoms with Gasteiger partial charge in [0.15, 0.2) is 0 Å². The zero-order valence-corrected chi connectivity index (χ0v) is 15.9. The third kappa shape index (κ3) is 4.00. The van der Waals surface area contributed by atoms with E-state index in [0.717, 1.165) is 18.4 Å². The predicted octanol–water partition coefficient (Wildman–Crippen LogP) is 3.35. The Hall–Kier alpha value is -2.09. The first-order valence-electron chi connectivity index (χ1n) is 8.08. The molecule has 0 radical (unpaired) electrons. The highest BCUT2D eigenvalue weighted by Gasteiger charge is 2.30. The normalized spacial score (nSPS) is 14.1. The number of hydrogen-bond acceptors (Lipinski definition) is 4. The summed E-state index contributed by atoms with van der Waals surface area (Å²) in [5.41, 5.74) is 1.51. The summed E-state index contributed by atoms with van der Waals surface area (Å²) in [5, 5.41) is 3.29. The quantitative estimate of drug-likeness (QED) is 0.786. The number of rotatable bonds is 6. The molecule has 0 aliphatic heterocycles. The van der Waals surface area contributed by atoms with Crippen LogP contribution in [0.25, 0.3) is 0 Å². The first-order valence-corrected chi connectivity index (χ1v) is 9.95. The third-order valence-electron chi connectivity index (χ3n) is 4.13. The Morgan fingerprint density at radius 3 is 2.62 bits per heavy atom. The Balaban J connectivity index is 1.91. The van der Waals surface area contributed by atoms with Crippen molar-refractivity contribution in [3.63, 3.8) is 0 Å². The Morgan fingerprint density at radius 1 is 1.23 bits per heavy atom. The summed E-state index contributed by atoms with van der Waals surface area (Å²) in [5.74, 6) is -0.241. The summed E-state index contributed by atoms with van der Waals surface area (Å²) in [4.78, 5) is 12.5. The van der Waals surface area contributed by atoms with Crippen molar-refractivity contribution in [1.82, 2.24) is 4.72 Å². The number of hydrogen-bond donors (Lipinski definition) is 2. The third-order valence-corrected chi connectivity index (χ3v) is 6.08. The Morgan fingerprint density at radius 2 is 1.96 bits per heavy atom. The lowest BCUT2D eigenvalue weighted by Gasteiger charge is -2.13. The number of nitrogens with one attached hydrogen (secondary N) is 2. The molecule has 1 aliphatic carbocycles. The van der Waals surface area contributed by atoms with Crippen LogP contribution in [0.1, 0.15) is 28.8 Å². The van der Waals surface area contributed by atoms with E-state index in [-0.39, 0.29) is 22.3 Å². The molecule has 0 aromatic heterocycles. The number of methoxy groups -OCH3 is 1. The molecule has 0 saturated heterocycles. The molecule has 138 valence electrons. The van der Waals surface area contributed by atoms with Crippen molar-refractivity contribution in [2.75, 3.05) is 12.4 Å². The molecule has 3 rings (SSSR count). The molecule has 0 atom stereocenters. The van der Waals surface area contributed by atoms with Gasteiger partial charge in [-0.05, 0) is 55.7 Å². The molecule has 0 unspecified atom stereocenters. The number of sulfonamides is 1. The fraction of sp³-hybridized carbons (Fsp3) is 0.278. The van der Waals surface area contributed by atoms with Gasteiger partial charge >= 0.3 is 0 Å². The van der Waals surface area contributed by atoms with E-state index < -0.39 is 15.9 Å². The molecule has 2 N–H and O–H groups in total. The summed E-state index contributed by atoms with van der Waals surface area (Å²) in [6.07, 6.45) is 1.63. The molecule has 0 bridgehead atoms. The van der Waals surface area contributed by atoms with Gasteiger partial charge in [0.2, 0.25) is 10.0 Å². The summed E-state index contributed by atoms with van der Waals surface area (Å²) >= 11 is 6.07. The van der Waals surface area contributed by atoms with E-state index >= 15 is 0 Å². The van der Waals surface area contributed by atoms with Crippen LogP contribution in [-0.2, 0) is 10.0 Å². The molecule has 0 spiro atoms. The van der Waals surface area contributed by atoms with E-state index in [1.807, 2.05) is 0 Å². The van der Waals surface area contributed by atoms with Crippen molar-refractivity contribution in [3.05, 3.63) is 52.5 Å². The molecular formula is C18H19ClN2O4S. The highest BCUT2D eigenvalue weighted by molar-refractivity contribution is 7.89. The highest BCUT2D eigenvalue weighted by atomic mass is 35.5. The van der Waals surface area contributed by atoms with Crippen LogP contribution < -0.4 is 14.8 Å². The van der Waals surface area contributed by atoms with Crippen LogP contribution in [-0.4, -0.2) is 27.5 Å². The Kier molecular flexibility index (Phi) is 5.22. The molecule has 2 aromatic rings. The Labute approximate surface area is 157 Å². The lowest BCUT2D eigenvalue weighted by atomic mass is 10.1. The van der Waals surface area contributed by atoms with Gasteiger partial charge in [0.1, 0.15) is 10.6 Å². The number of ether oxygens (including phenoxy) is 1. The number of amides is 1. The van der Waals surface area contributed by atoms with Gasteiger partial charge in [-0.2, -0.15) is 0 Å². The van der Waals surface area contributed by atoms with Crippen LogP contribution in [0.4, 0.5) is 5.69 Å². The summed E-state index contributed by atoms with van der Waals surface area (Å²) in [6.45, 7) is 1.79. The first-order chi connectivity index (χ1) is 12.3. The maximum Gasteiger partial charge on any atom is 0.255 e. The van der Waals surface area contributed by atoms with Gasteiger partial charge in [0.25, 0.3) is 5.91 Å². The number of anilines is 1. The zero-order valence-electron chi connectivity index (χ0n) is 14.4. The van der Waals surface area contributed by atoms with E-state index in [9.17, 15) is 13.2 Å². The minimum absolute atomic E-state index is 0.0451. The van der Waals surface area contributed by atoms with E-state index in [1.54, 1.807) is 25.1 Å². The molecule has 26 heavy (non-hydrogen) atoms. The fourth-order valence-corrected chi connectivity index (χ4v) is 4.12. The van der Waals surface area contributed by atoms with Gasteiger partial charge in [-0.3, -0.25) is 4.79 Å². The predicted molar refractivity (Wildman–Crippen MR) is 100 cm³/mol. The van der Waals surface area contributed by atoms with Crippen LogP contribution in [0.2, 0.25) is 5.02 Å². The van der Waals surface area contributed by atoms with Crippen molar-refractivity contribution in [2.45, 2.75) is 30.7 Å². The second-order valence-corrected chi connectivity index (χ2v) is 8.22. The van der Waals surface area contributed by atoms with Gasteiger partial charge in [-0.15, -0.1) is 0 Å². The molecule has 0 heterocycles. The molecular weight excluding hydrogens is 376 g/mol. The van der Waals surface area contributed by atoms with Crippen molar-refractivity contribution in [3.8, 4) is 5.75 Å². The first kappa shape index (κ1) is 18.7. The standard InChI is InChI=1S/C18H19ClN2O4S/c1-11-14(19)4-3-5-15(11)20-18(22)12-6-9-16(25-2)17(10-12)26(23,24)21-13-7-8-13/h3-6,9-10,13,21H,7-8H2,1-2H3,(H,20,22). The average molecular weight is 395 g/mol. The monoisotopic (exact) mass is 394 g/mol. The summed E-state index contributed by atoms with van der Waals surface area (Å²) in [6, 6.07) is 9.46. The molecule has 1 fully saturated rings. The van der Waals surface area contributed by atoms with Crippen molar-refractivity contribution in [2.24, 2.45) is 0 Å². The van der Waals surface area contributed by atoms with Crippen LogP contribution >= 0.6 is 11.6 Å². The summed E-state index contributed by atoms with van der Waals surface area (Å²) < 4.78 is 32.9. The van der Waals surface area contributed by atoms with E-state index in [2.05, 4.69) is 10.0 Å². The van der Waals surface area contributed by atoms with E-state index in [4.69, 9.17) is 16.3 Å². The molecule has 2 aromatic carbocycles. The van der Waals surface area contributed by atoms with Gasteiger partial charge < -0.3 is 10.1 Å². The van der Waals surface area contributed by atoms with Gasteiger partial charge in [-0.25, -0.2) is 13.1 Å². The average Bonchev–Trinajstić information content (AvgIpc) is 3.41. The van der Waals surface area contributed by atoms with E-state index in [0.29, 0.717) is 10.7 Å². The van der Waals surface area contributed by atoms with Crippen LogP contribution in [0, 0.1) is 6.92 Å². The van der Waals surface area contributed by atoms with Gasteiger partial charge in [0.05, 0.1) is 7.11 Å². The number of carbonyl (C=O) groups excluding carboxylic acids is 1. The van der Waals surface area contributed by atoms with Crippen LogP contribution in [0.3, 0.4) is 0 Å². The van der Waals surface area contributed by atoms with Crippen LogP contribution in [0.5, 0.6) is 5.75 Å².